The molecule has 0 spiro atoms. The number of nitrogens with two attached hydrogens (primary N) is 1. The van der Waals surface area contributed by atoms with Gasteiger partial charge in [0.1, 0.15) is 23.6 Å². The van der Waals surface area contributed by atoms with Crippen LogP contribution in [0, 0.1) is 0 Å². The summed E-state index contributed by atoms with van der Waals surface area (Å²) in [5.74, 6) is -0.130. The molecule has 0 saturated heterocycles. The number of carbonyl (C=O) groups excluding carboxylic acids is 2. The van der Waals surface area contributed by atoms with Crippen molar-refractivity contribution in [3.05, 3.63) is 53.4 Å². The van der Waals surface area contributed by atoms with Crippen molar-refractivity contribution in [2.75, 3.05) is 18.2 Å². The summed E-state index contributed by atoms with van der Waals surface area (Å²) in [6.45, 7) is -0.0112. The van der Waals surface area contributed by atoms with Crippen molar-refractivity contribution < 1.29 is 14.3 Å². The standard InChI is InChI=1S/C23H23ClN8O3/c1-35-17-7-6-13(24)10-15(17)20-16(11-31(29-20)12-18(33)27-14-4-2-5-14)28-23(34)19-21(25)30-32-9-3-8-26-22(19)32/h3,6-11,14H,2,4-5,12H2,1H3,(H2,25,30)(H,27,33)(H,28,34). The number of nitrogens with zero attached hydrogens (tertiary/aromatic N) is 5. The highest BCUT2D eigenvalue weighted by atomic mass is 35.5. The number of rotatable bonds is 7. The molecule has 3 aromatic heterocycles. The zero-order valence-electron chi connectivity index (χ0n) is 18.9. The molecule has 0 unspecified atom stereocenters. The first-order valence-electron chi connectivity index (χ1n) is 11.0. The number of hydrogen-bond acceptors (Lipinski definition) is 7. The molecule has 2 amide bonds. The van der Waals surface area contributed by atoms with Crippen molar-refractivity contribution in [1.29, 1.82) is 0 Å². The summed E-state index contributed by atoms with van der Waals surface area (Å²) in [7, 11) is 1.53. The molecule has 1 saturated carbocycles. The fourth-order valence-electron chi connectivity index (χ4n) is 3.94. The first kappa shape index (κ1) is 22.7. The second-order valence-corrected chi connectivity index (χ2v) is 8.67. The van der Waals surface area contributed by atoms with Crippen molar-refractivity contribution in [3.63, 3.8) is 0 Å². The number of fused-ring (bicyclic) bond motifs is 1. The fourth-order valence-corrected chi connectivity index (χ4v) is 4.11. The predicted octanol–water partition coefficient (Wildman–Crippen LogP) is 2.76. The number of benzene rings is 1. The third kappa shape index (κ3) is 4.50. The molecule has 3 heterocycles. The first-order chi connectivity index (χ1) is 16.9. The molecule has 11 nitrogen and oxygen atoms in total. The SMILES string of the molecule is COc1ccc(Cl)cc1-c1nn(CC(=O)NC2CCC2)cc1NC(=O)c1c(N)nn2cccnc12. The average molecular weight is 495 g/mol. The lowest BCUT2D eigenvalue weighted by atomic mass is 9.93. The molecule has 0 atom stereocenters. The predicted molar refractivity (Wildman–Crippen MR) is 130 cm³/mol. The van der Waals surface area contributed by atoms with Gasteiger partial charge in [-0.1, -0.05) is 11.6 Å². The van der Waals surface area contributed by atoms with Gasteiger partial charge in [0.25, 0.3) is 5.91 Å². The van der Waals surface area contributed by atoms with Crippen molar-refractivity contribution >= 4 is 40.6 Å². The Morgan fingerprint density at radius 2 is 2.11 bits per heavy atom. The van der Waals surface area contributed by atoms with E-state index in [1.807, 2.05) is 0 Å². The largest absolute Gasteiger partial charge is 0.496 e. The summed E-state index contributed by atoms with van der Waals surface area (Å²) in [4.78, 5) is 30.0. The van der Waals surface area contributed by atoms with E-state index >= 15 is 0 Å². The molecule has 0 radical (unpaired) electrons. The zero-order valence-corrected chi connectivity index (χ0v) is 19.6. The lowest BCUT2D eigenvalue weighted by molar-refractivity contribution is -0.123. The van der Waals surface area contributed by atoms with Gasteiger partial charge in [0.2, 0.25) is 5.91 Å². The molecular weight excluding hydrogens is 472 g/mol. The Hall–Kier alpha value is -4.12. The normalized spacial score (nSPS) is 13.4. The number of nitrogens with one attached hydrogen (secondary N) is 2. The third-order valence-corrected chi connectivity index (χ3v) is 6.09. The highest BCUT2D eigenvalue weighted by Crippen LogP contribution is 2.36. The van der Waals surface area contributed by atoms with Crippen LogP contribution in [0.15, 0.2) is 42.9 Å². The maximum atomic E-state index is 13.3. The molecule has 1 fully saturated rings. The highest BCUT2D eigenvalue weighted by molar-refractivity contribution is 6.31. The highest BCUT2D eigenvalue weighted by Gasteiger charge is 2.24. The van der Waals surface area contributed by atoms with Crippen molar-refractivity contribution in [2.45, 2.75) is 31.8 Å². The topological polar surface area (TPSA) is 141 Å². The van der Waals surface area contributed by atoms with E-state index in [-0.39, 0.29) is 29.9 Å². The van der Waals surface area contributed by atoms with Gasteiger partial charge in [-0.2, -0.15) is 5.10 Å². The van der Waals surface area contributed by atoms with Crippen LogP contribution in [0.4, 0.5) is 11.5 Å². The van der Waals surface area contributed by atoms with Gasteiger partial charge in [-0.3, -0.25) is 14.3 Å². The number of nitrogen functional groups attached to an aromatic ring is 1. The molecule has 0 aliphatic heterocycles. The minimum atomic E-state index is -0.517. The molecule has 35 heavy (non-hydrogen) atoms. The fraction of sp³-hybridized carbons (Fsp3) is 0.261. The number of aromatic nitrogens is 5. The number of methoxy groups -OCH3 is 1. The molecule has 1 aliphatic rings. The number of amides is 2. The number of halogens is 1. The summed E-state index contributed by atoms with van der Waals surface area (Å²) in [6.07, 6.45) is 7.86. The number of ether oxygens (including phenoxy) is 1. The minimum absolute atomic E-state index is 0.0112. The summed E-state index contributed by atoms with van der Waals surface area (Å²) < 4.78 is 8.38. The molecule has 12 heteroatoms. The lowest BCUT2D eigenvalue weighted by Crippen LogP contribution is -2.41. The summed E-state index contributed by atoms with van der Waals surface area (Å²) >= 11 is 6.24. The summed E-state index contributed by atoms with van der Waals surface area (Å²) in [5, 5.41) is 15.0. The summed E-state index contributed by atoms with van der Waals surface area (Å²) in [6, 6.07) is 6.97. The second kappa shape index (κ2) is 9.26. The second-order valence-electron chi connectivity index (χ2n) is 8.23. The quantitative estimate of drug-likeness (QED) is 0.358. The molecule has 1 aromatic carbocycles. The van der Waals surface area contributed by atoms with E-state index in [4.69, 9.17) is 22.1 Å². The van der Waals surface area contributed by atoms with Crippen LogP contribution in [0.25, 0.3) is 16.9 Å². The van der Waals surface area contributed by atoms with Crippen LogP contribution in [0.5, 0.6) is 5.75 Å². The Balaban J connectivity index is 1.51. The maximum absolute atomic E-state index is 13.3. The Morgan fingerprint density at radius 1 is 1.29 bits per heavy atom. The van der Waals surface area contributed by atoms with E-state index in [0.29, 0.717) is 33.4 Å². The number of carbonyl (C=O) groups is 2. The van der Waals surface area contributed by atoms with E-state index in [1.54, 1.807) is 42.9 Å². The van der Waals surface area contributed by atoms with E-state index in [2.05, 4.69) is 25.8 Å². The minimum Gasteiger partial charge on any atom is -0.496 e. The Labute approximate surface area is 205 Å². The van der Waals surface area contributed by atoms with Crippen LogP contribution < -0.4 is 21.1 Å². The van der Waals surface area contributed by atoms with Gasteiger partial charge in [0, 0.05) is 35.2 Å². The van der Waals surface area contributed by atoms with Crippen LogP contribution in [-0.4, -0.2) is 49.3 Å². The van der Waals surface area contributed by atoms with E-state index in [1.165, 1.54) is 16.3 Å². The first-order valence-corrected chi connectivity index (χ1v) is 11.4. The van der Waals surface area contributed by atoms with Crippen LogP contribution >= 0.6 is 11.6 Å². The van der Waals surface area contributed by atoms with Gasteiger partial charge in [0.15, 0.2) is 11.5 Å². The van der Waals surface area contributed by atoms with E-state index < -0.39 is 5.91 Å². The Bertz CT molecular complexity index is 1430. The molecule has 0 bridgehead atoms. The average Bonchev–Trinajstić information content (AvgIpc) is 3.35. The molecule has 180 valence electrons. The molecule has 4 N–H and O–H groups in total. The van der Waals surface area contributed by atoms with Crippen LogP contribution in [-0.2, 0) is 11.3 Å². The zero-order chi connectivity index (χ0) is 24.5. The van der Waals surface area contributed by atoms with Crippen molar-refractivity contribution in [1.82, 2.24) is 29.7 Å². The van der Waals surface area contributed by atoms with E-state index in [0.717, 1.165) is 19.3 Å². The number of hydrogen-bond donors (Lipinski definition) is 3. The van der Waals surface area contributed by atoms with Crippen LogP contribution in [0.2, 0.25) is 5.02 Å². The van der Waals surface area contributed by atoms with Gasteiger partial charge < -0.3 is 21.1 Å². The molecule has 5 rings (SSSR count). The monoisotopic (exact) mass is 494 g/mol. The van der Waals surface area contributed by atoms with Crippen molar-refractivity contribution in [3.8, 4) is 17.0 Å². The van der Waals surface area contributed by atoms with Crippen molar-refractivity contribution in [2.24, 2.45) is 0 Å². The molecular formula is C23H23ClN8O3. The van der Waals surface area contributed by atoms with Gasteiger partial charge in [-0.15, -0.1) is 5.10 Å². The smallest absolute Gasteiger partial charge is 0.263 e. The number of anilines is 2. The van der Waals surface area contributed by atoms with Crippen LogP contribution in [0.3, 0.4) is 0 Å². The lowest BCUT2D eigenvalue weighted by Gasteiger charge is -2.26. The van der Waals surface area contributed by atoms with Crippen LogP contribution in [0.1, 0.15) is 29.6 Å². The Kier molecular flexibility index (Phi) is 6.00. The molecule has 4 aromatic rings. The maximum Gasteiger partial charge on any atom is 0.263 e. The molecule has 1 aliphatic carbocycles. The van der Waals surface area contributed by atoms with Gasteiger partial charge in [-0.25, -0.2) is 9.50 Å². The van der Waals surface area contributed by atoms with E-state index in [9.17, 15) is 9.59 Å². The van der Waals surface area contributed by atoms with Gasteiger partial charge >= 0.3 is 0 Å². The van der Waals surface area contributed by atoms with Gasteiger partial charge in [-0.05, 0) is 43.5 Å². The Morgan fingerprint density at radius 3 is 2.86 bits per heavy atom. The third-order valence-electron chi connectivity index (χ3n) is 5.85. The van der Waals surface area contributed by atoms with Gasteiger partial charge in [0.05, 0.1) is 12.8 Å². The summed E-state index contributed by atoms with van der Waals surface area (Å²) in [5.41, 5.74) is 7.75.